The Kier molecular flexibility index (Phi) is 4.30. The Morgan fingerprint density at radius 2 is 1.75 bits per heavy atom. The number of hydrogen-bond acceptors (Lipinski definition) is 3. The number of rotatable bonds is 4. The van der Waals surface area contributed by atoms with Crippen molar-refractivity contribution in [3.63, 3.8) is 0 Å². The van der Waals surface area contributed by atoms with Crippen LogP contribution >= 0.6 is 0 Å². The maximum atomic E-state index is 13.5. The van der Waals surface area contributed by atoms with Crippen LogP contribution < -0.4 is 5.32 Å². The number of carbonyl (C=O) groups excluding carboxylic acids is 1. The molecule has 2 aromatic rings. The molecule has 0 saturated heterocycles. The lowest BCUT2D eigenvalue weighted by Gasteiger charge is -2.11. The molecule has 2 aromatic carbocycles. The number of para-hydroxylation sites is 1. The van der Waals surface area contributed by atoms with Gasteiger partial charge in [-0.3, -0.25) is 0 Å². The zero-order chi connectivity index (χ0) is 14.5. The molecule has 5 heteroatoms. The number of methoxy groups -OCH3 is 1. The first kappa shape index (κ1) is 14.0. The molecular weight excluding hydrogens is 264 g/mol. The van der Waals surface area contributed by atoms with Gasteiger partial charge in [0.25, 0.3) is 0 Å². The molecule has 0 heterocycles. The van der Waals surface area contributed by atoms with Crippen LogP contribution in [0.25, 0.3) is 0 Å². The fourth-order valence-corrected chi connectivity index (χ4v) is 1.83. The molecule has 1 N–H and O–H groups in total. The predicted molar refractivity (Wildman–Crippen MR) is 71.5 cm³/mol. The van der Waals surface area contributed by atoms with Crippen molar-refractivity contribution in [1.29, 1.82) is 0 Å². The van der Waals surface area contributed by atoms with Crippen molar-refractivity contribution in [3.8, 4) is 0 Å². The fourth-order valence-electron chi connectivity index (χ4n) is 1.83. The lowest BCUT2D eigenvalue weighted by molar-refractivity contribution is 0.0599. The Morgan fingerprint density at radius 3 is 2.40 bits per heavy atom. The first-order chi connectivity index (χ1) is 9.63. The molecule has 0 radical (unpaired) electrons. The summed E-state index contributed by atoms with van der Waals surface area (Å²) in [5.74, 6) is -1.85. The number of benzene rings is 2. The van der Waals surface area contributed by atoms with Gasteiger partial charge in [0.15, 0.2) is 0 Å². The largest absolute Gasteiger partial charge is 0.465 e. The average Bonchev–Trinajstić information content (AvgIpc) is 2.46. The van der Waals surface area contributed by atoms with Gasteiger partial charge in [0.2, 0.25) is 0 Å². The molecule has 0 spiro atoms. The third-order valence-corrected chi connectivity index (χ3v) is 2.84. The van der Waals surface area contributed by atoms with Crippen LogP contribution in [0.3, 0.4) is 0 Å². The van der Waals surface area contributed by atoms with Crippen LogP contribution in [0.15, 0.2) is 42.5 Å². The van der Waals surface area contributed by atoms with Gasteiger partial charge in [-0.15, -0.1) is 0 Å². The fraction of sp³-hybridized carbons (Fsp3) is 0.133. The highest BCUT2D eigenvalue weighted by Crippen LogP contribution is 2.20. The van der Waals surface area contributed by atoms with Crippen molar-refractivity contribution < 1.29 is 18.3 Å². The molecule has 0 bridgehead atoms. The van der Waals surface area contributed by atoms with E-state index >= 15 is 0 Å². The normalized spacial score (nSPS) is 10.2. The second-order valence-electron chi connectivity index (χ2n) is 4.10. The van der Waals surface area contributed by atoms with Gasteiger partial charge in [0, 0.05) is 6.54 Å². The number of ether oxygens (including phenoxy) is 1. The summed E-state index contributed by atoms with van der Waals surface area (Å²) in [7, 11) is 1.28. The van der Waals surface area contributed by atoms with Gasteiger partial charge < -0.3 is 10.1 Å². The van der Waals surface area contributed by atoms with Gasteiger partial charge in [-0.2, -0.15) is 0 Å². The van der Waals surface area contributed by atoms with Crippen LogP contribution in [0.1, 0.15) is 15.9 Å². The van der Waals surface area contributed by atoms with Gasteiger partial charge in [0.05, 0.1) is 12.7 Å². The maximum absolute atomic E-state index is 13.5. The van der Waals surface area contributed by atoms with E-state index in [1.807, 2.05) is 0 Å². The van der Waals surface area contributed by atoms with Crippen LogP contribution in [-0.4, -0.2) is 13.1 Å². The van der Waals surface area contributed by atoms with Gasteiger partial charge in [-0.05, 0) is 23.8 Å². The molecule has 0 aliphatic heterocycles. The van der Waals surface area contributed by atoms with Gasteiger partial charge in [-0.25, -0.2) is 13.6 Å². The quantitative estimate of drug-likeness (QED) is 0.871. The monoisotopic (exact) mass is 277 g/mol. The third-order valence-electron chi connectivity index (χ3n) is 2.84. The molecule has 0 atom stereocenters. The van der Waals surface area contributed by atoms with Crippen molar-refractivity contribution in [1.82, 2.24) is 0 Å². The topological polar surface area (TPSA) is 38.3 Å². The summed E-state index contributed by atoms with van der Waals surface area (Å²) >= 11 is 0. The van der Waals surface area contributed by atoms with E-state index in [0.29, 0.717) is 11.1 Å². The lowest BCUT2D eigenvalue weighted by Crippen LogP contribution is -2.10. The van der Waals surface area contributed by atoms with Crippen LogP contribution in [0.5, 0.6) is 0 Å². The zero-order valence-corrected chi connectivity index (χ0v) is 10.8. The van der Waals surface area contributed by atoms with E-state index < -0.39 is 17.6 Å². The summed E-state index contributed by atoms with van der Waals surface area (Å²) in [4.78, 5) is 11.6. The first-order valence-electron chi connectivity index (χ1n) is 5.97. The van der Waals surface area contributed by atoms with Crippen molar-refractivity contribution >= 4 is 11.7 Å². The van der Waals surface area contributed by atoms with Crippen molar-refractivity contribution in [2.45, 2.75) is 6.54 Å². The Bertz CT molecular complexity index is 609. The molecule has 2 rings (SSSR count). The second-order valence-corrected chi connectivity index (χ2v) is 4.10. The molecule has 0 amide bonds. The second kappa shape index (κ2) is 6.14. The van der Waals surface area contributed by atoms with E-state index in [1.165, 1.54) is 13.2 Å². The van der Waals surface area contributed by atoms with Crippen LogP contribution in [0.4, 0.5) is 14.5 Å². The van der Waals surface area contributed by atoms with Gasteiger partial charge >= 0.3 is 5.97 Å². The van der Waals surface area contributed by atoms with E-state index in [0.717, 1.165) is 12.1 Å². The highest BCUT2D eigenvalue weighted by atomic mass is 19.1. The van der Waals surface area contributed by atoms with E-state index in [-0.39, 0.29) is 12.2 Å². The van der Waals surface area contributed by atoms with E-state index in [4.69, 9.17) is 0 Å². The Labute approximate surface area is 115 Å². The number of anilines is 1. The summed E-state index contributed by atoms with van der Waals surface area (Å²) in [5.41, 5.74) is 0.744. The number of halogens is 2. The van der Waals surface area contributed by atoms with E-state index in [9.17, 15) is 13.6 Å². The number of esters is 1. The molecule has 0 unspecified atom stereocenters. The summed E-state index contributed by atoms with van der Waals surface area (Å²) in [6, 6.07) is 10.3. The van der Waals surface area contributed by atoms with Crippen molar-refractivity contribution in [3.05, 3.63) is 65.2 Å². The highest BCUT2D eigenvalue weighted by Gasteiger charge is 2.12. The highest BCUT2D eigenvalue weighted by molar-refractivity contribution is 5.91. The van der Waals surface area contributed by atoms with Crippen molar-refractivity contribution in [2.75, 3.05) is 12.4 Å². The Hall–Kier alpha value is -2.43. The summed E-state index contributed by atoms with van der Waals surface area (Å²) in [6.07, 6.45) is 0. The van der Waals surface area contributed by atoms with Crippen LogP contribution in [0, 0.1) is 11.6 Å². The summed E-state index contributed by atoms with van der Waals surface area (Å²) < 4.78 is 31.6. The lowest BCUT2D eigenvalue weighted by atomic mass is 10.1. The first-order valence-corrected chi connectivity index (χ1v) is 5.97. The molecule has 0 aliphatic rings. The SMILES string of the molecule is COC(=O)c1ccccc1CNc1c(F)cccc1F. The van der Waals surface area contributed by atoms with E-state index in [2.05, 4.69) is 10.1 Å². The Morgan fingerprint density at radius 1 is 1.10 bits per heavy atom. The van der Waals surface area contributed by atoms with Crippen LogP contribution in [-0.2, 0) is 11.3 Å². The van der Waals surface area contributed by atoms with Gasteiger partial charge in [0.1, 0.15) is 17.3 Å². The minimum atomic E-state index is -0.680. The van der Waals surface area contributed by atoms with Gasteiger partial charge in [-0.1, -0.05) is 24.3 Å². The minimum Gasteiger partial charge on any atom is -0.465 e. The van der Waals surface area contributed by atoms with Crippen LogP contribution in [0.2, 0.25) is 0 Å². The molecule has 0 aliphatic carbocycles. The predicted octanol–water partition coefficient (Wildman–Crippen LogP) is 3.36. The molecule has 104 valence electrons. The molecule has 0 saturated carbocycles. The molecule has 3 nitrogen and oxygen atoms in total. The Balaban J connectivity index is 2.21. The smallest absolute Gasteiger partial charge is 0.338 e. The average molecular weight is 277 g/mol. The molecule has 0 aromatic heterocycles. The minimum absolute atomic E-state index is 0.114. The summed E-state index contributed by atoms with van der Waals surface area (Å²) in [6.45, 7) is 0.114. The standard InChI is InChI=1S/C15H13F2NO2/c1-20-15(19)11-6-3-2-5-10(11)9-18-14-12(16)7-4-8-13(14)17/h2-8,18H,9H2,1H3. The third kappa shape index (κ3) is 2.93. The zero-order valence-electron chi connectivity index (χ0n) is 10.8. The summed E-state index contributed by atoms with van der Waals surface area (Å²) in [5, 5.41) is 2.66. The maximum Gasteiger partial charge on any atom is 0.338 e. The number of hydrogen-bond donors (Lipinski definition) is 1. The molecule has 20 heavy (non-hydrogen) atoms. The number of carbonyl (C=O) groups is 1. The van der Waals surface area contributed by atoms with E-state index in [1.54, 1.807) is 24.3 Å². The van der Waals surface area contributed by atoms with Crippen molar-refractivity contribution in [2.24, 2.45) is 0 Å². The molecular formula is C15H13F2NO2. The molecule has 0 fully saturated rings. The number of nitrogens with one attached hydrogen (secondary N) is 1.